The van der Waals surface area contributed by atoms with Crippen molar-refractivity contribution in [1.82, 2.24) is 0 Å². The van der Waals surface area contributed by atoms with E-state index in [1.807, 2.05) is 24.3 Å². The highest BCUT2D eigenvalue weighted by Gasteiger charge is 2.27. The minimum Gasteiger partial charge on any atom is -0.462 e. The van der Waals surface area contributed by atoms with Crippen LogP contribution in [0.5, 0.6) is 0 Å². The Balaban J connectivity index is 1.87. The highest BCUT2D eigenvalue weighted by atomic mass is 32.1. The molecule has 0 spiro atoms. The van der Waals surface area contributed by atoms with Crippen LogP contribution in [0.2, 0.25) is 0 Å². The van der Waals surface area contributed by atoms with E-state index in [1.165, 1.54) is 21.8 Å². The standard InChI is InChI=1S/C21H25NO3S/c1-4-25-21(24)18-16-7-5-6-8-17(16)26-20(18)22-19(23)15-11-9-14(10-12-15)13(2)3/h9-13H,4-8H2,1-3H3,(H,22,23). The van der Waals surface area contributed by atoms with Crippen molar-refractivity contribution < 1.29 is 14.3 Å². The molecule has 1 amide bonds. The molecule has 1 heterocycles. The number of benzene rings is 1. The molecule has 0 saturated carbocycles. The summed E-state index contributed by atoms with van der Waals surface area (Å²) >= 11 is 1.51. The lowest BCUT2D eigenvalue weighted by Gasteiger charge is -2.12. The van der Waals surface area contributed by atoms with E-state index >= 15 is 0 Å². The average molecular weight is 372 g/mol. The molecule has 0 fully saturated rings. The molecule has 1 N–H and O–H groups in total. The third-order valence-electron chi connectivity index (χ3n) is 4.72. The van der Waals surface area contributed by atoms with E-state index < -0.39 is 0 Å². The number of rotatable bonds is 5. The minimum atomic E-state index is -0.336. The summed E-state index contributed by atoms with van der Waals surface area (Å²) in [6, 6.07) is 7.63. The highest BCUT2D eigenvalue weighted by molar-refractivity contribution is 7.17. The molecule has 26 heavy (non-hydrogen) atoms. The number of ether oxygens (including phenoxy) is 1. The zero-order valence-corrected chi connectivity index (χ0v) is 16.4. The van der Waals surface area contributed by atoms with Gasteiger partial charge in [0.15, 0.2) is 0 Å². The molecular formula is C21H25NO3S. The van der Waals surface area contributed by atoms with Crippen LogP contribution in [0.1, 0.15) is 76.3 Å². The minimum absolute atomic E-state index is 0.190. The van der Waals surface area contributed by atoms with Crippen LogP contribution in [0.15, 0.2) is 24.3 Å². The third kappa shape index (κ3) is 3.83. The summed E-state index contributed by atoms with van der Waals surface area (Å²) in [6.07, 6.45) is 4.03. The quantitative estimate of drug-likeness (QED) is 0.737. The highest BCUT2D eigenvalue weighted by Crippen LogP contribution is 2.38. The van der Waals surface area contributed by atoms with Crippen LogP contribution in [0, 0.1) is 0 Å². The van der Waals surface area contributed by atoms with Gasteiger partial charge in [-0.3, -0.25) is 4.79 Å². The second-order valence-corrected chi connectivity index (χ2v) is 7.97. The fourth-order valence-electron chi connectivity index (χ4n) is 3.27. The van der Waals surface area contributed by atoms with Crippen molar-refractivity contribution in [3.05, 3.63) is 51.4 Å². The van der Waals surface area contributed by atoms with Gasteiger partial charge in [-0.1, -0.05) is 26.0 Å². The normalized spacial score (nSPS) is 13.4. The van der Waals surface area contributed by atoms with E-state index in [2.05, 4.69) is 19.2 Å². The molecule has 1 aromatic carbocycles. The van der Waals surface area contributed by atoms with Crippen LogP contribution in [0.3, 0.4) is 0 Å². The summed E-state index contributed by atoms with van der Waals surface area (Å²) in [6.45, 7) is 6.37. The number of fused-ring (bicyclic) bond motifs is 1. The zero-order valence-electron chi connectivity index (χ0n) is 15.6. The molecule has 2 aromatic rings. The summed E-state index contributed by atoms with van der Waals surface area (Å²) in [5.41, 5.74) is 3.40. The summed E-state index contributed by atoms with van der Waals surface area (Å²) in [4.78, 5) is 26.4. The number of thiophene rings is 1. The first-order valence-electron chi connectivity index (χ1n) is 9.24. The number of amides is 1. The predicted octanol–water partition coefficient (Wildman–Crippen LogP) is 5.18. The van der Waals surface area contributed by atoms with E-state index in [0.717, 1.165) is 31.2 Å². The van der Waals surface area contributed by atoms with Crippen LogP contribution in [0.4, 0.5) is 5.00 Å². The topological polar surface area (TPSA) is 55.4 Å². The molecule has 1 aromatic heterocycles. The Morgan fingerprint density at radius 1 is 1.15 bits per heavy atom. The SMILES string of the molecule is CCOC(=O)c1c(NC(=O)c2ccc(C(C)C)cc2)sc2c1CCCC2. The van der Waals surface area contributed by atoms with Gasteiger partial charge in [-0.2, -0.15) is 0 Å². The smallest absolute Gasteiger partial charge is 0.341 e. The number of anilines is 1. The Morgan fingerprint density at radius 2 is 1.85 bits per heavy atom. The molecule has 0 unspecified atom stereocenters. The van der Waals surface area contributed by atoms with E-state index in [-0.39, 0.29) is 11.9 Å². The first-order valence-corrected chi connectivity index (χ1v) is 10.1. The Kier molecular flexibility index (Phi) is 5.77. The van der Waals surface area contributed by atoms with E-state index in [4.69, 9.17) is 4.74 Å². The fraction of sp³-hybridized carbons (Fsp3) is 0.429. The lowest BCUT2D eigenvalue weighted by Crippen LogP contribution is -2.15. The van der Waals surface area contributed by atoms with Gasteiger partial charge in [0.25, 0.3) is 5.91 Å². The van der Waals surface area contributed by atoms with Crippen molar-refractivity contribution in [1.29, 1.82) is 0 Å². The number of carbonyl (C=O) groups excluding carboxylic acids is 2. The van der Waals surface area contributed by atoms with Gasteiger partial charge in [-0.15, -0.1) is 11.3 Å². The lowest BCUT2D eigenvalue weighted by molar-refractivity contribution is 0.0526. The Bertz CT molecular complexity index is 805. The van der Waals surface area contributed by atoms with Gasteiger partial charge in [-0.25, -0.2) is 4.79 Å². The Morgan fingerprint density at radius 3 is 2.50 bits per heavy atom. The maximum atomic E-state index is 12.7. The molecule has 5 heteroatoms. The molecule has 3 rings (SSSR count). The monoisotopic (exact) mass is 371 g/mol. The van der Waals surface area contributed by atoms with Gasteiger partial charge in [0, 0.05) is 10.4 Å². The first-order chi connectivity index (χ1) is 12.5. The van der Waals surface area contributed by atoms with Crippen molar-refractivity contribution >= 4 is 28.2 Å². The first kappa shape index (κ1) is 18.6. The molecule has 0 aliphatic heterocycles. The van der Waals surface area contributed by atoms with Gasteiger partial charge in [0.05, 0.1) is 12.2 Å². The number of carbonyl (C=O) groups is 2. The molecule has 0 atom stereocenters. The van der Waals surface area contributed by atoms with Crippen LogP contribution < -0.4 is 5.32 Å². The fourth-order valence-corrected chi connectivity index (χ4v) is 4.54. The predicted molar refractivity (Wildman–Crippen MR) is 105 cm³/mol. The van der Waals surface area contributed by atoms with Crippen molar-refractivity contribution in [2.45, 2.75) is 52.4 Å². The number of hydrogen-bond acceptors (Lipinski definition) is 4. The molecule has 1 aliphatic rings. The zero-order chi connectivity index (χ0) is 18.7. The van der Waals surface area contributed by atoms with Gasteiger partial charge in [-0.05, 0) is 61.8 Å². The third-order valence-corrected chi connectivity index (χ3v) is 5.92. The van der Waals surface area contributed by atoms with Crippen LogP contribution in [-0.2, 0) is 17.6 Å². The largest absolute Gasteiger partial charge is 0.462 e. The molecular weight excluding hydrogens is 346 g/mol. The van der Waals surface area contributed by atoms with E-state index in [9.17, 15) is 9.59 Å². The number of nitrogens with one attached hydrogen (secondary N) is 1. The maximum absolute atomic E-state index is 12.7. The van der Waals surface area contributed by atoms with Crippen LogP contribution in [0.25, 0.3) is 0 Å². The maximum Gasteiger partial charge on any atom is 0.341 e. The number of hydrogen-bond donors (Lipinski definition) is 1. The second-order valence-electron chi connectivity index (χ2n) is 6.87. The van der Waals surface area contributed by atoms with Crippen LogP contribution in [-0.4, -0.2) is 18.5 Å². The summed E-state index contributed by atoms with van der Waals surface area (Å²) < 4.78 is 5.24. The summed E-state index contributed by atoms with van der Waals surface area (Å²) in [7, 11) is 0. The summed E-state index contributed by atoms with van der Waals surface area (Å²) in [5, 5.41) is 3.57. The van der Waals surface area contributed by atoms with Gasteiger partial charge in [0.2, 0.25) is 0 Å². The van der Waals surface area contributed by atoms with Gasteiger partial charge in [0.1, 0.15) is 5.00 Å². The lowest BCUT2D eigenvalue weighted by atomic mass is 9.95. The molecule has 0 saturated heterocycles. The average Bonchev–Trinajstić information content (AvgIpc) is 2.99. The van der Waals surface area contributed by atoms with E-state index in [0.29, 0.717) is 28.7 Å². The molecule has 4 nitrogen and oxygen atoms in total. The Labute approximate surface area is 158 Å². The van der Waals surface area contributed by atoms with E-state index in [1.54, 1.807) is 6.92 Å². The molecule has 0 bridgehead atoms. The Hall–Kier alpha value is -2.14. The number of esters is 1. The van der Waals surface area contributed by atoms with Crippen molar-refractivity contribution in [3.8, 4) is 0 Å². The molecule has 0 radical (unpaired) electrons. The number of aryl methyl sites for hydroxylation is 1. The van der Waals surface area contributed by atoms with Crippen LogP contribution >= 0.6 is 11.3 Å². The second kappa shape index (κ2) is 8.04. The van der Waals surface area contributed by atoms with Crippen molar-refractivity contribution in [2.75, 3.05) is 11.9 Å². The summed E-state index contributed by atoms with van der Waals surface area (Å²) in [5.74, 6) is -0.103. The van der Waals surface area contributed by atoms with Crippen molar-refractivity contribution in [2.24, 2.45) is 0 Å². The molecule has 138 valence electrons. The van der Waals surface area contributed by atoms with Gasteiger partial charge < -0.3 is 10.1 Å². The molecule has 1 aliphatic carbocycles. The van der Waals surface area contributed by atoms with Crippen molar-refractivity contribution in [3.63, 3.8) is 0 Å². The van der Waals surface area contributed by atoms with Gasteiger partial charge >= 0.3 is 5.97 Å².